The van der Waals surface area contributed by atoms with Gasteiger partial charge in [-0.25, -0.2) is 0 Å². The fourth-order valence-corrected chi connectivity index (χ4v) is 3.23. The Bertz CT molecular complexity index is 813. The highest BCUT2D eigenvalue weighted by Gasteiger charge is 2.16. The van der Waals surface area contributed by atoms with Crippen molar-refractivity contribution >= 4 is 17.9 Å². The molecule has 2 N–H and O–H groups in total. The number of ether oxygens (including phenoxy) is 1. The molecule has 1 fully saturated rings. The van der Waals surface area contributed by atoms with Gasteiger partial charge in [0.15, 0.2) is 0 Å². The Kier molecular flexibility index (Phi) is 7.81. The summed E-state index contributed by atoms with van der Waals surface area (Å²) in [6.07, 6.45) is 11.5. The Labute approximate surface area is 171 Å². The minimum absolute atomic E-state index is 0.00283. The molecule has 0 bridgehead atoms. The molecule has 0 radical (unpaired) electrons. The monoisotopic (exact) mass is 393 g/mol. The lowest BCUT2D eigenvalue weighted by Gasteiger charge is -2.11. The summed E-state index contributed by atoms with van der Waals surface area (Å²) >= 11 is 0. The standard InChI is InChI=1S/C23H27N3O3/c27-22(25-15-13-23(28)26-20-5-1-2-6-20)12-9-18-7-10-21(11-8-18)29-17-19-4-3-14-24-16-19/h3-4,7-12,14,16,20H,1-2,5-6,13,15,17H2,(H,25,27)(H,26,28). The zero-order valence-corrected chi connectivity index (χ0v) is 16.5. The van der Waals surface area contributed by atoms with Crippen LogP contribution in [-0.2, 0) is 16.2 Å². The minimum atomic E-state index is -0.212. The number of amides is 2. The van der Waals surface area contributed by atoms with Crippen LogP contribution in [0.25, 0.3) is 6.08 Å². The second-order valence-electron chi connectivity index (χ2n) is 7.14. The molecule has 0 spiro atoms. The van der Waals surface area contributed by atoms with Crippen LogP contribution in [0.1, 0.15) is 43.2 Å². The molecule has 1 aliphatic carbocycles. The van der Waals surface area contributed by atoms with Gasteiger partial charge in [0.25, 0.3) is 0 Å². The van der Waals surface area contributed by atoms with Crippen molar-refractivity contribution < 1.29 is 14.3 Å². The summed E-state index contributed by atoms with van der Waals surface area (Å²) < 4.78 is 5.71. The van der Waals surface area contributed by atoms with Gasteiger partial charge in [-0.05, 0) is 42.7 Å². The number of pyridine rings is 1. The van der Waals surface area contributed by atoms with Crippen molar-refractivity contribution in [1.29, 1.82) is 0 Å². The maximum atomic E-state index is 11.9. The van der Waals surface area contributed by atoms with E-state index in [9.17, 15) is 9.59 Å². The summed E-state index contributed by atoms with van der Waals surface area (Å²) in [5, 5.41) is 5.75. The van der Waals surface area contributed by atoms with Gasteiger partial charge in [0, 0.05) is 43.0 Å². The SMILES string of the molecule is O=C(C=Cc1ccc(OCc2cccnc2)cc1)NCCC(=O)NC1CCCC1. The number of nitrogens with zero attached hydrogens (tertiary/aromatic N) is 1. The van der Waals surface area contributed by atoms with Gasteiger partial charge in [-0.2, -0.15) is 0 Å². The van der Waals surface area contributed by atoms with Crippen LogP contribution in [0, 0.1) is 0 Å². The second-order valence-corrected chi connectivity index (χ2v) is 7.14. The molecule has 0 atom stereocenters. The first-order valence-electron chi connectivity index (χ1n) is 10.1. The molecule has 1 aromatic carbocycles. The maximum absolute atomic E-state index is 11.9. The summed E-state index contributed by atoms with van der Waals surface area (Å²) in [4.78, 5) is 27.8. The minimum Gasteiger partial charge on any atom is -0.489 e. The Morgan fingerprint density at radius 1 is 1.14 bits per heavy atom. The third kappa shape index (κ3) is 7.41. The molecule has 2 aromatic rings. The molecular weight excluding hydrogens is 366 g/mol. The number of carbonyl (C=O) groups is 2. The lowest BCUT2D eigenvalue weighted by Crippen LogP contribution is -2.35. The molecule has 1 aromatic heterocycles. The summed E-state index contributed by atoms with van der Waals surface area (Å²) in [7, 11) is 0. The number of carbonyl (C=O) groups excluding carboxylic acids is 2. The highest BCUT2D eigenvalue weighted by atomic mass is 16.5. The quantitative estimate of drug-likeness (QED) is 0.641. The first-order chi connectivity index (χ1) is 14.2. The van der Waals surface area contributed by atoms with Crippen LogP contribution < -0.4 is 15.4 Å². The average molecular weight is 393 g/mol. The molecule has 6 nitrogen and oxygen atoms in total. The highest BCUT2D eigenvalue weighted by Crippen LogP contribution is 2.17. The van der Waals surface area contributed by atoms with Crippen LogP contribution in [0.2, 0.25) is 0 Å². The van der Waals surface area contributed by atoms with Gasteiger partial charge in [0.2, 0.25) is 11.8 Å². The van der Waals surface area contributed by atoms with Crippen molar-refractivity contribution in [1.82, 2.24) is 15.6 Å². The van der Waals surface area contributed by atoms with Crippen LogP contribution >= 0.6 is 0 Å². The Balaban J connectivity index is 1.35. The molecule has 6 heteroatoms. The number of rotatable bonds is 9. The smallest absolute Gasteiger partial charge is 0.244 e. The molecule has 0 aliphatic heterocycles. The molecule has 1 aliphatic rings. The average Bonchev–Trinajstić information content (AvgIpc) is 3.25. The van der Waals surface area contributed by atoms with E-state index in [0.29, 0.717) is 25.6 Å². The van der Waals surface area contributed by atoms with Crippen LogP contribution in [-0.4, -0.2) is 29.4 Å². The zero-order valence-electron chi connectivity index (χ0n) is 16.5. The van der Waals surface area contributed by atoms with Crippen molar-refractivity contribution in [2.45, 2.75) is 44.8 Å². The first-order valence-corrected chi connectivity index (χ1v) is 10.1. The Morgan fingerprint density at radius 3 is 2.66 bits per heavy atom. The molecule has 3 rings (SSSR count). The van der Waals surface area contributed by atoms with Gasteiger partial charge in [-0.3, -0.25) is 14.6 Å². The van der Waals surface area contributed by atoms with E-state index in [2.05, 4.69) is 15.6 Å². The summed E-state index contributed by atoms with van der Waals surface area (Å²) in [6, 6.07) is 11.6. The Hall–Kier alpha value is -3.15. The third-order valence-corrected chi connectivity index (χ3v) is 4.81. The highest BCUT2D eigenvalue weighted by molar-refractivity contribution is 5.92. The van der Waals surface area contributed by atoms with Crippen molar-refractivity contribution in [3.8, 4) is 5.75 Å². The molecule has 1 heterocycles. The predicted octanol–water partition coefficient (Wildman–Crippen LogP) is 3.24. The van der Waals surface area contributed by atoms with Gasteiger partial charge in [-0.15, -0.1) is 0 Å². The van der Waals surface area contributed by atoms with Crippen LogP contribution in [0.5, 0.6) is 5.75 Å². The van der Waals surface area contributed by atoms with Crippen molar-refractivity contribution in [2.75, 3.05) is 6.54 Å². The molecule has 2 amide bonds. The topological polar surface area (TPSA) is 80.3 Å². The second kappa shape index (κ2) is 11.0. The molecule has 29 heavy (non-hydrogen) atoms. The van der Waals surface area contributed by atoms with E-state index < -0.39 is 0 Å². The molecule has 152 valence electrons. The summed E-state index contributed by atoms with van der Waals surface area (Å²) in [6.45, 7) is 0.794. The van der Waals surface area contributed by atoms with Gasteiger partial charge in [0.05, 0.1) is 0 Å². The number of hydrogen-bond acceptors (Lipinski definition) is 4. The van der Waals surface area contributed by atoms with E-state index in [-0.39, 0.29) is 11.8 Å². The van der Waals surface area contributed by atoms with E-state index in [0.717, 1.165) is 29.7 Å². The van der Waals surface area contributed by atoms with E-state index >= 15 is 0 Å². The van der Waals surface area contributed by atoms with Gasteiger partial charge >= 0.3 is 0 Å². The fraction of sp³-hybridized carbons (Fsp3) is 0.348. The first kappa shape index (κ1) is 20.6. The number of hydrogen-bond donors (Lipinski definition) is 2. The van der Waals surface area contributed by atoms with Crippen molar-refractivity contribution in [2.24, 2.45) is 0 Å². The van der Waals surface area contributed by atoms with E-state index in [1.54, 1.807) is 18.5 Å². The number of benzene rings is 1. The fourth-order valence-electron chi connectivity index (χ4n) is 3.23. The summed E-state index contributed by atoms with van der Waals surface area (Å²) in [5.74, 6) is 0.544. The van der Waals surface area contributed by atoms with E-state index in [1.165, 1.54) is 18.9 Å². The van der Waals surface area contributed by atoms with Crippen LogP contribution in [0.15, 0.2) is 54.9 Å². The van der Waals surface area contributed by atoms with Gasteiger partial charge in [-0.1, -0.05) is 31.0 Å². The third-order valence-electron chi connectivity index (χ3n) is 4.81. The number of nitrogens with one attached hydrogen (secondary N) is 2. The lowest BCUT2D eigenvalue weighted by molar-refractivity contribution is -0.121. The van der Waals surface area contributed by atoms with E-state index in [4.69, 9.17) is 4.74 Å². The normalized spacial score (nSPS) is 14.1. The van der Waals surface area contributed by atoms with Crippen LogP contribution in [0.4, 0.5) is 0 Å². The van der Waals surface area contributed by atoms with Crippen LogP contribution in [0.3, 0.4) is 0 Å². The van der Waals surface area contributed by atoms with Gasteiger partial charge in [0.1, 0.15) is 12.4 Å². The molecule has 0 saturated heterocycles. The Morgan fingerprint density at radius 2 is 1.93 bits per heavy atom. The number of aromatic nitrogens is 1. The summed E-state index contributed by atoms with van der Waals surface area (Å²) in [5.41, 5.74) is 1.90. The van der Waals surface area contributed by atoms with Crippen molar-refractivity contribution in [3.05, 3.63) is 66.0 Å². The predicted molar refractivity (Wildman–Crippen MR) is 112 cm³/mol. The van der Waals surface area contributed by atoms with Crippen molar-refractivity contribution in [3.63, 3.8) is 0 Å². The lowest BCUT2D eigenvalue weighted by atomic mass is 10.2. The maximum Gasteiger partial charge on any atom is 0.244 e. The molecular formula is C23H27N3O3. The zero-order chi connectivity index (χ0) is 20.3. The molecule has 0 unspecified atom stereocenters. The van der Waals surface area contributed by atoms with Gasteiger partial charge < -0.3 is 15.4 Å². The largest absolute Gasteiger partial charge is 0.489 e. The van der Waals surface area contributed by atoms with E-state index in [1.807, 2.05) is 36.4 Å². The molecule has 1 saturated carbocycles.